The highest BCUT2D eigenvalue weighted by Gasteiger charge is 2.12. The van der Waals surface area contributed by atoms with Gasteiger partial charge in [-0.15, -0.1) is 0 Å². The number of nitrogens with two attached hydrogens (primary N) is 1. The van der Waals surface area contributed by atoms with E-state index in [0.717, 1.165) is 11.3 Å². The number of rotatable bonds is 4. The van der Waals surface area contributed by atoms with Crippen LogP contribution < -0.4 is 10.5 Å². The number of hydrogen-bond acceptors (Lipinski definition) is 4. The zero-order valence-electron chi connectivity index (χ0n) is 10.9. The van der Waals surface area contributed by atoms with Gasteiger partial charge in [-0.05, 0) is 23.6 Å². The van der Waals surface area contributed by atoms with Crippen LogP contribution in [0, 0.1) is 0 Å². The van der Waals surface area contributed by atoms with Crippen LogP contribution in [0.5, 0.6) is 5.75 Å². The molecule has 0 aliphatic heterocycles. The summed E-state index contributed by atoms with van der Waals surface area (Å²) in [6, 6.07) is 6.08. The number of aromatic amines is 1. The number of ether oxygens (including phenoxy) is 1. The van der Waals surface area contributed by atoms with Crippen LogP contribution in [0.1, 0.15) is 31.2 Å². The van der Waals surface area contributed by atoms with Crippen molar-refractivity contribution in [3.63, 3.8) is 0 Å². The van der Waals surface area contributed by atoms with Gasteiger partial charge in [-0.3, -0.25) is 5.10 Å². The molecule has 0 aliphatic carbocycles. The van der Waals surface area contributed by atoms with Gasteiger partial charge in [0.1, 0.15) is 11.6 Å². The molecule has 0 atom stereocenters. The first-order valence-electron chi connectivity index (χ1n) is 5.95. The summed E-state index contributed by atoms with van der Waals surface area (Å²) in [5.41, 5.74) is 7.61. The van der Waals surface area contributed by atoms with E-state index < -0.39 is 0 Å². The Hall–Kier alpha value is -1.88. The van der Waals surface area contributed by atoms with Gasteiger partial charge in [0.25, 0.3) is 0 Å². The van der Waals surface area contributed by atoms with E-state index in [4.69, 9.17) is 10.5 Å². The van der Waals surface area contributed by atoms with Gasteiger partial charge >= 0.3 is 0 Å². The summed E-state index contributed by atoms with van der Waals surface area (Å²) in [6.45, 7) is 4.64. The number of H-pyrrole nitrogens is 1. The average Bonchev–Trinajstić information content (AvgIpc) is 2.86. The molecule has 3 N–H and O–H groups in total. The van der Waals surface area contributed by atoms with E-state index >= 15 is 0 Å². The lowest BCUT2D eigenvalue weighted by atomic mass is 10.0. The van der Waals surface area contributed by atoms with Gasteiger partial charge in [0, 0.05) is 0 Å². The van der Waals surface area contributed by atoms with E-state index in [2.05, 4.69) is 35.1 Å². The Bertz CT molecular complexity index is 534. The molecule has 5 nitrogen and oxygen atoms in total. The Morgan fingerprint density at radius 1 is 1.39 bits per heavy atom. The lowest BCUT2D eigenvalue weighted by molar-refractivity contribution is 0.415. The number of hydrogen-bond donors (Lipinski definition) is 2. The lowest BCUT2D eigenvalue weighted by Crippen LogP contribution is -1.98. The number of methoxy groups -OCH3 is 1. The fourth-order valence-electron chi connectivity index (χ4n) is 1.76. The first-order chi connectivity index (χ1) is 8.65. The van der Waals surface area contributed by atoms with Crippen LogP contribution in [-0.2, 0) is 6.54 Å². The van der Waals surface area contributed by atoms with Gasteiger partial charge < -0.3 is 10.5 Å². The zero-order chi connectivity index (χ0) is 13.1. The Kier molecular flexibility index (Phi) is 3.62. The number of nitrogens with zero attached hydrogens (tertiary/aromatic N) is 2. The minimum atomic E-state index is 0.347. The summed E-state index contributed by atoms with van der Waals surface area (Å²) < 4.78 is 5.41. The molecule has 96 valence electrons. The van der Waals surface area contributed by atoms with Crippen molar-refractivity contribution >= 4 is 0 Å². The number of nitrogens with one attached hydrogen (secondary N) is 1. The maximum Gasteiger partial charge on any atom is 0.184 e. The third-order valence-corrected chi connectivity index (χ3v) is 2.86. The van der Waals surface area contributed by atoms with E-state index in [9.17, 15) is 0 Å². The van der Waals surface area contributed by atoms with Crippen molar-refractivity contribution in [3.8, 4) is 17.1 Å². The van der Waals surface area contributed by atoms with Gasteiger partial charge in [0.2, 0.25) is 0 Å². The summed E-state index contributed by atoms with van der Waals surface area (Å²) in [4.78, 5) is 4.31. The minimum Gasteiger partial charge on any atom is -0.496 e. The number of aromatic nitrogens is 3. The van der Waals surface area contributed by atoms with Gasteiger partial charge in [-0.25, -0.2) is 4.98 Å². The topological polar surface area (TPSA) is 76.8 Å². The molecular weight excluding hydrogens is 228 g/mol. The molecule has 0 spiro atoms. The normalized spacial score (nSPS) is 10.9. The van der Waals surface area contributed by atoms with E-state index in [1.54, 1.807) is 7.11 Å². The minimum absolute atomic E-state index is 0.347. The molecular formula is C13H18N4O. The van der Waals surface area contributed by atoms with Crippen LogP contribution in [0.4, 0.5) is 0 Å². The smallest absolute Gasteiger partial charge is 0.184 e. The van der Waals surface area contributed by atoms with Crippen LogP contribution in [0.2, 0.25) is 0 Å². The van der Waals surface area contributed by atoms with E-state index in [1.165, 1.54) is 5.56 Å². The monoisotopic (exact) mass is 246 g/mol. The molecule has 18 heavy (non-hydrogen) atoms. The summed E-state index contributed by atoms with van der Waals surface area (Å²) in [6.07, 6.45) is 0. The van der Waals surface area contributed by atoms with Crippen LogP contribution in [-0.4, -0.2) is 22.3 Å². The van der Waals surface area contributed by atoms with Crippen LogP contribution >= 0.6 is 0 Å². The standard InChI is InChI=1S/C13H18N4O/c1-8(2)9-4-5-10(11(6-9)18-3)13-15-12(7-14)16-17-13/h4-6,8H,7,14H2,1-3H3,(H,15,16,17). The average molecular weight is 246 g/mol. The Morgan fingerprint density at radius 3 is 2.72 bits per heavy atom. The molecule has 1 aromatic heterocycles. The molecule has 0 bridgehead atoms. The highest BCUT2D eigenvalue weighted by molar-refractivity contribution is 5.64. The van der Waals surface area contributed by atoms with E-state index in [1.807, 2.05) is 12.1 Å². The maximum atomic E-state index is 5.51. The summed E-state index contributed by atoms with van der Waals surface area (Å²) >= 11 is 0. The van der Waals surface area contributed by atoms with Gasteiger partial charge in [-0.1, -0.05) is 19.9 Å². The van der Waals surface area contributed by atoms with Crippen molar-refractivity contribution in [3.05, 3.63) is 29.6 Å². The number of benzene rings is 1. The summed E-state index contributed by atoms with van der Waals surface area (Å²) in [5.74, 6) is 2.52. The van der Waals surface area contributed by atoms with Crippen LogP contribution in [0.3, 0.4) is 0 Å². The molecule has 0 unspecified atom stereocenters. The quantitative estimate of drug-likeness (QED) is 0.865. The van der Waals surface area contributed by atoms with Crippen molar-refractivity contribution in [1.82, 2.24) is 15.2 Å². The third kappa shape index (κ3) is 2.36. The van der Waals surface area contributed by atoms with Crippen molar-refractivity contribution in [1.29, 1.82) is 0 Å². The predicted octanol–water partition coefficient (Wildman–Crippen LogP) is 2.06. The summed E-state index contributed by atoms with van der Waals surface area (Å²) in [7, 11) is 1.65. The highest BCUT2D eigenvalue weighted by atomic mass is 16.5. The molecule has 0 fully saturated rings. The molecule has 0 amide bonds. The van der Waals surface area contributed by atoms with Crippen molar-refractivity contribution in [2.24, 2.45) is 5.73 Å². The zero-order valence-corrected chi connectivity index (χ0v) is 10.9. The second-order valence-electron chi connectivity index (χ2n) is 4.42. The van der Waals surface area contributed by atoms with Crippen molar-refractivity contribution in [2.45, 2.75) is 26.3 Å². The molecule has 1 aromatic carbocycles. The molecule has 1 heterocycles. The largest absolute Gasteiger partial charge is 0.496 e. The molecule has 0 aliphatic rings. The molecule has 0 saturated heterocycles. The molecule has 2 rings (SSSR count). The molecule has 0 radical (unpaired) electrons. The van der Waals surface area contributed by atoms with Gasteiger partial charge in [0.05, 0.1) is 19.2 Å². The van der Waals surface area contributed by atoms with Crippen LogP contribution in [0.25, 0.3) is 11.4 Å². The maximum absolute atomic E-state index is 5.51. The first kappa shape index (κ1) is 12.6. The third-order valence-electron chi connectivity index (χ3n) is 2.86. The molecule has 5 heteroatoms. The van der Waals surface area contributed by atoms with E-state index in [-0.39, 0.29) is 0 Å². The molecule has 0 saturated carbocycles. The Labute approximate surface area is 106 Å². The second-order valence-corrected chi connectivity index (χ2v) is 4.42. The lowest BCUT2D eigenvalue weighted by Gasteiger charge is -2.10. The van der Waals surface area contributed by atoms with Crippen LogP contribution in [0.15, 0.2) is 18.2 Å². The fourth-order valence-corrected chi connectivity index (χ4v) is 1.76. The highest BCUT2D eigenvalue weighted by Crippen LogP contribution is 2.30. The van der Waals surface area contributed by atoms with Crippen molar-refractivity contribution in [2.75, 3.05) is 7.11 Å². The van der Waals surface area contributed by atoms with Gasteiger partial charge in [-0.2, -0.15) is 5.10 Å². The SMILES string of the molecule is COc1cc(C(C)C)ccc1-c1n[nH]c(CN)n1. The molecule has 2 aromatic rings. The van der Waals surface area contributed by atoms with E-state index in [0.29, 0.717) is 24.1 Å². The van der Waals surface area contributed by atoms with Crippen molar-refractivity contribution < 1.29 is 4.74 Å². The fraction of sp³-hybridized carbons (Fsp3) is 0.385. The predicted molar refractivity (Wildman–Crippen MR) is 70.4 cm³/mol. The first-order valence-corrected chi connectivity index (χ1v) is 5.95. The Morgan fingerprint density at radius 2 is 2.17 bits per heavy atom. The second kappa shape index (κ2) is 5.18. The summed E-state index contributed by atoms with van der Waals surface area (Å²) in [5, 5.41) is 6.95. The Balaban J connectivity index is 2.44. The van der Waals surface area contributed by atoms with Gasteiger partial charge in [0.15, 0.2) is 5.82 Å².